The number of fused-ring (bicyclic) bond motifs is 2. The second-order valence-corrected chi connectivity index (χ2v) is 8.19. The molecular formula is C21H20N4OS. The van der Waals surface area contributed by atoms with Crippen molar-refractivity contribution in [1.29, 1.82) is 0 Å². The molecule has 0 saturated carbocycles. The summed E-state index contributed by atoms with van der Waals surface area (Å²) < 4.78 is 3.19. The summed E-state index contributed by atoms with van der Waals surface area (Å²) in [6, 6.07) is 14.2. The van der Waals surface area contributed by atoms with Crippen molar-refractivity contribution in [2.75, 3.05) is 13.1 Å². The number of rotatable bonds is 2. The van der Waals surface area contributed by atoms with Crippen LogP contribution in [0.5, 0.6) is 0 Å². The maximum Gasteiger partial charge on any atom is 0.274 e. The van der Waals surface area contributed by atoms with Crippen molar-refractivity contribution in [2.24, 2.45) is 0 Å². The quantitative estimate of drug-likeness (QED) is 0.525. The summed E-state index contributed by atoms with van der Waals surface area (Å²) in [5.74, 6) is 0.322. The Morgan fingerprint density at radius 2 is 2.04 bits per heavy atom. The van der Waals surface area contributed by atoms with Gasteiger partial charge < -0.3 is 9.30 Å². The number of nitrogens with zero attached hydrogens (tertiary/aromatic N) is 4. The van der Waals surface area contributed by atoms with Crippen molar-refractivity contribution in [1.82, 2.24) is 19.3 Å². The first-order valence-electron chi connectivity index (χ1n) is 9.28. The van der Waals surface area contributed by atoms with Crippen LogP contribution in [0.4, 0.5) is 0 Å². The van der Waals surface area contributed by atoms with Gasteiger partial charge in [0.25, 0.3) is 5.91 Å². The van der Waals surface area contributed by atoms with E-state index in [4.69, 9.17) is 4.98 Å². The van der Waals surface area contributed by atoms with E-state index in [0.717, 1.165) is 41.3 Å². The summed E-state index contributed by atoms with van der Waals surface area (Å²) >= 11 is 1.75. The van der Waals surface area contributed by atoms with E-state index in [1.54, 1.807) is 11.3 Å². The minimum Gasteiger partial charge on any atom is -0.337 e. The normalized spacial score (nSPS) is 17.7. The number of aromatic nitrogens is 3. The van der Waals surface area contributed by atoms with E-state index < -0.39 is 0 Å². The third-order valence-electron chi connectivity index (χ3n) is 5.28. The zero-order valence-corrected chi connectivity index (χ0v) is 15.9. The molecular weight excluding hydrogens is 356 g/mol. The van der Waals surface area contributed by atoms with Gasteiger partial charge in [0.05, 0.1) is 15.2 Å². The molecule has 1 fully saturated rings. The van der Waals surface area contributed by atoms with Crippen LogP contribution in [0, 0.1) is 6.92 Å². The van der Waals surface area contributed by atoms with Crippen molar-refractivity contribution >= 4 is 33.1 Å². The van der Waals surface area contributed by atoms with Gasteiger partial charge in [-0.1, -0.05) is 18.2 Å². The van der Waals surface area contributed by atoms with Crippen LogP contribution in [-0.2, 0) is 0 Å². The summed E-state index contributed by atoms with van der Waals surface area (Å²) in [6.07, 6.45) is 3.93. The van der Waals surface area contributed by atoms with Gasteiger partial charge in [0.15, 0.2) is 0 Å². The minimum absolute atomic E-state index is 0.0175. The van der Waals surface area contributed by atoms with Gasteiger partial charge in [-0.3, -0.25) is 4.79 Å². The molecule has 1 aliphatic rings. The molecule has 1 amide bonds. The van der Waals surface area contributed by atoms with Crippen LogP contribution in [0.3, 0.4) is 0 Å². The first-order valence-corrected chi connectivity index (χ1v) is 10.1. The molecule has 1 aliphatic heterocycles. The number of para-hydroxylation sites is 1. The molecule has 6 heteroatoms. The third kappa shape index (κ3) is 2.90. The molecule has 5 nitrogen and oxygen atoms in total. The van der Waals surface area contributed by atoms with E-state index in [9.17, 15) is 4.79 Å². The number of pyridine rings is 1. The minimum atomic E-state index is 0.0175. The zero-order valence-electron chi connectivity index (χ0n) is 15.1. The lowest BCUT2D eigenvalue weighted by Gasteiger charge is -2.31. The Balaban J connectivity index is 1.41. The largest absolute Gasteiger partial charge is 0.337 e. The first kappa shape index (κ1) is 16.4. The Kier molecular flexibility index (Phi) is 3.93. The third-order valence-corrected chi connectivity index (χ3v) is 6.48. The lowest BCUT2D eigenvalue weighted by atomic mass is 9.98. The highest BCUT2D eigenvalue weighted by Crippen LogP contribution is 2.33. The number of aryl methyl sites for hydroxylation is 1. The van der Waals surface area contributed by atoms with Crippen LogP contribution in [0.25, 0.3) is 15.9 Å². The number of carbonyl (C=O) groups is 1. The van der Waals surface area contributed by atoms with Gasteiger partial charge in [0.1, 0.15) is 11.3 Å². The number of likely N-dealkylation sites (tertiary alicyclic amines) is 1. The van der Waals surface area contributed by atoms with E-state index in [1.165, 1.54) is 4.70 Å². The van der Waals surface area contributed by atoms with Crippen LogP contribution in [0.1, 0.15) is 39.9 Å². The Morgan fingerprint density at radius 3 is 2.89 bits per heavy atom. The SMILES string of the molecule is Cc1cccc2nc(C(=O)N3CCCC(c4nc5ccccc5s4)C3)cn12. The highest BCUT2D eigenvalue weighted by Gasteiger charge is 2.28. The fourth-order valence-corrected chi connectivity index (χ4v) is 4.93. The molecule has 27 heavy (non-hydrogen) atoms. The van der Waals surface area contributed by atoms with Gasteiger partial charge in [-0.15, -0.1) is 11.3 Å². The molecule has 0 aliphatic carbocycles. The molecule has 136 valence electrons. The van der Waals surface area contributed by atoms with E-state index in [-0.39, 0.29) is 5.91 Å². The van der Waals surface area contributed by atoms with Gasteiger partial charge in [-0.2, -0.15) is 0 Å². The molecule has 0 bridgehead atoms. The van der Waals surface area contributed by atoms with Crippen LogP contribution in [0.2, 0.25) is 0 Å². The molecule has 0 radical (unpaired) electrons. The molecule has 1 aromatic carbocycles. The van der Waals surface area contributed by atoms with Gasteiger partial charge in [-0.05, 0) is 44.0 Å². The van der Waals surface area contributed by atoms with Crippen molar-refractivity contribution in [2.45, 2.75) is 25.7 Å². The number of amides is 1. The number of thiazole rings is 1. The molecule has 4 heterocycles. The van der Waals surface area contributed by atoms with Crippen LogP contribution in [-0.4, -0.2) is 38.3 Å². The maximum absolute atomic E-state index is 13.1. The summed E-state index contributed by atoms with van der Waals surface area (Å²) in [5, 5.41) is 1.14. The van der Waals surface area contributed by atoms with Crippen LogP contribution in [0.15, 0.2) is 48.7 Å². The average Bonchev–Trinajstić information content (AvgIpc) is 3.32. The van der Waals surface area contributed by atoms with E-state index in [1.807, 2.05) is 52.8 Å². The van der Waals surface area contributed by atoms with Crippen molar-refractivity contribution in [3.05, 3.63) is 65.1 Å². The summed E-state index contributed by atoms with van der Waals surface area (Å²) in [4.78, 5) is 24.4. The fraction of sp³-hybridized carbons (Fsp3) is 0.286. The Morgan fingerprint density at radius 1 is 1.15 bits per heavy atom. The smallest absolute Gasteiger partial charge is 0.274 e. The van der Waals surface area contributed by atoms with Gasteiger partial charge >= 0.3 is 0 Å². The van der Waals surface area contributed by atoms with E-state index >= 15 is 0 Å². The lowest BCUT2D eigenvalue weighted by molar-refractivity contribution is 0.0702. The van der Waals surface area contributed by atoms with Gasteiger partial charge in [0, 0.05) is 30.9 Å². The standard InChI is InChI=1S/C21H20N4OS/c1-14-6-4-10-19-22-17(13-25(14)19)21(26)24-11-5-7-15(12-24)20-23-16-8-2-3-9-18(16)27-20/h2-4,6,8-10,13,15H,5,7,11-12H2,1H3. The molecule has 5 rings (SSSR count). The molecule has 0 N–H and O–H groups in total. The number of hydrogen-bond donors (Lipinski definition) is 0. The van der Waals surface area contributed by atoms with E-state index in [2.05, 4.69) is 17.1 Å². The van der Waals surface area contributed by atoms with Gasteiger partial charge in [-0.25, -0.2) is 9.97 Å². The number of hydrogen-bond acceptors (Lipinski definition) is 4. The van der Waals surface area contributed by atoms with E-state index in [0.29, 0.717) is 18.2 Å². The number of piperidine rings is 1. The number of carbonyl (C=O) groups excluding carboxylic acids is 1. The second-order valence-electron chi connectivity index (χ2n) is 7.13. The van der Waals surface area contributed by atoms with Crippen LogP contribution < -0.4 is 0 Å². The van der Waals surface area contributed by atoms with Crippen molar-refractivity contribution in [3.63, 3.8) is 0 Å². The Labute approximate surface area is 161 Å². The Hall–Kier alpha value is -2.73. The molecule has 1 unspecified atom stereocenters. The molecule has 4 aromatic rings. The predicted molar refractivity (Wildman–Crippen MR) is 107 cm³/mol. The van der Waals surface area contributed by atoms with Crippen molar-refractivity contribution < 1.29 is 4.79 Å². The molecule has 1 saturated heterocycles. The first-order chi connectivity index (χ1) is 13.2. The fourth-order valence-electron chi connectivity index (χ4n) is 3.84. The van der Waals surface area contributed by atoms with Gasteiger partial charge in [0.2, 0.25) is 0 Å². The molecule has 3 aromatic heterocycles. The summed E-state index contributed by atoms with van der Waals surface area (Å²) in [5.41, 5.74) is 3.47. The lowest BCUT2D eigenvalue weighted by Crippen LogP contribution is -2.39. The second kappa shape index (κ2) is 6.46. The summed E-state index contributed by atoms with van der Waals surface area (Å²) in [6.45, 7) is 3.52. The monoisotopic (exact) mass is 376 g/mol. The number of benzene rings is 1. The highest BCUT2D eigenvalue weighted by molar-refractivity contribution is 7.18. The zero-order chi connectivity index (χ0) is 18.4. The van der Waals surface area contributed by atoms with Crippen LogP contribution >= 0.6 is 11.3 Å². The highest BCUT2D eigenvalue weighted by atomic mass is 32.1. The maximum atomic E-state index is 13.1. The predicted octanol–water partition coefficient (Wildman–Crippen LogP) is 4.27. The molecule has 1 atom stereocenters. The number of imidazole rings is 1. The average molecular weight is 376 g/mol. The summed E-state index contributed by atoms with van der Waals surface area (Å²) in [7, 11) is 0. The Bertz CT molecular complexity index is 1110. The topological polar surface area (TPSA) is 50.5 Å². The van der Waals surface area contributed by atoms with Crippen molar-refractivity contribution in [3.8, 4) is 0 Å². The molecule has 0 spiro atoms.